The van der Waals surface area contributed by atoms with Crippen LogP contribution in [-0.4, -0.2) is 15.4 Å². The van der Waals surface area contributed by atoms with E-state index in [0.29, 0.717) is 9.76 Å². The Bertz CT molecular complexity index is 1260. The Balaban J connectivity index is 1.98. The maximum absolute atomic E-state index is 6.18. The minimum atomic E-state index is -0.141. The second kappa shape index (κ2) is 5.54. The van der Waals surface area contributed by atoms with Gasteiger partial charge < -0.3 is 4.43 Å². The quantitative estimate of drug-likeness (QED) is 0.222. The summed E-state index contributed by atoms with van der Waals surface area (Å²) in [7, 11) is 0.337. The highest BCUT2D eigenvalue weighted by atomic mass is 28.2. The summed E-state index contributed by atoms with van der Waals surface area (Å²) in [4.78, 5) is 0. The topological polar surface area (TPSA) is 9.23 Å². The van der Waals surface area contributed by atoms with Crippen LogP contribution in [0.2, 0.25) is 0 Å². The Morgan fingerprint density at radius 3 is 1.85 bits per heavy atom. The standard InChI is InChI=1S/C24H20OSi/c1-24(2,3)25-26-20-14-13-16-9-5-11-18-17-10-4-7-15-8-6-12-19(21(15)17)23(20)22(16)18/h4-14H,1-3H3. The average Bonchev–Trinajstić information content (AvgIpc) is 2.63. The summed E-state index contributed by atoms with van der Waals surface area (Å²) in [6.45, 7) is 6.36. The van der Waals surface area contributed by atoms with Gasteiger partial charge in [0, 0.05) is 5.60 Å². The van der Waals surface area contributed by atoms with Crippen molar-refractivity contribution in [2.24, 2.45) is 0 Å². The van der Waals surface area contributed by atoms with E-state index in [1.807, 2.05) is 0 Å². The van der Waals surface area contributed by atoms with E-state index in [4.69, 9.17) is 4.43 Å². The molecule has 5 aromatic rings. The van der Waals surface area contributed by atoms with Gasteiger partial charge in [-0.25, -0.2) is 0 Å². The molecule has 0 heterocycles. The third kappa shape index (κ3) is 2.33. The summed E-state index contributed by atoms with van der Waals surface area (Å²) < 4.78 is 6.18. The lowest BCUT2D eigenvalue weighted by molar-refractivity contribution is 0.142. The highest BCUT2D eigenvalue weighted by Crippen LogP contribution is 2.39. The molecule has 0 aliphatic rings. The van der Waals surface area contributed by atoms with Crippen molar-refractivity contribution in [3.8, 4) is 0 Å². The van der Waals surface area contributed by atoms with Gasteiger partial charge in [0.05, 0.1) is 0 Å². The minimum Gasteiger partial charge on any atom is -0.407 e. The molecule has 0 fully saturated rings. The minimum absolute atomic E-state index is 0.141. The number of hydrogen-bond donors (Lipinski definition) is 0. The molecule has 0 amide bonds. The number of benzene rings is 5. The van der Waals surface area contributed by atoms with Gasteiger partial charge in [-0.3, -0.25) is 0 Å². The van der Waals surface area contributed by atoms with E-state index in [-0.39, 0.29) is 5.60 Å². The van der Waals surface area contributed by atoms with Crippen molar-refractivity contribution in [2.45, 2.75) is 26.4 Å². The van der Waals surface area contributed by atoms with E-state index >= 15 is 0 Å². The average molecular weight is 353 g/mol. The van der Waals surface area contributed by atoms with Crippen LogP contribution in [0, 0.1) is 0 Å². The first-order chi connectivity index (χ1) is 12.5. The summed E-state index contributed by atoms with van der Waals surface area (Å²) in [5.74, 6) is 0. The van der Waals surface area contributed by atoms with Gasteiger partial charge in [-0.2, -0.15) is 0 Å². The van der Waals surface area contributed by atoms with Crippen molar-refractivity contribution < 1.29 is 4.43 Å². The molecule has 5 rings (SSSR count). The van der Waals surface area contributed by atoms with Gasteiger partial charge in [-0.1, -0.05) is 66.7 Å². The lowest BCUT2D eigenvalue weighted by Gasteiger charge is -2.21. The highest BCUT2D eigenvalue weighted by molar-refractivity contribution is 6.55. The van der Waals surface area contributed by atoms with Gasteiger partial charge in [0.1, 0.15) is 0 Å². The zero-order valence-corrected chi connectivity index (χ0v) is 16.3. The molecule has 0 spiro atoms. The summed E-state index contributed by atoms with van der Waals surface area (Å²) in [5.41, 5.74) is -0.141. The van der Waals surface area contributed by atoms with Gasteiger partial charge in [0.2, 0.25) is 0 Å². The lowest BCUT2D eigenvalue weighted by atomic mass is 9.90. The maximum Gasteiger partial charge on any atom is 0.270 e. The molecule has 2 radical (unpaired) electrons. The van der Waals surface area contributed by atoms with Crippen LogP contribution >= 0.6 is 0 Å². The molecular weight excluding hydrogens is 332 g/mol. The van der Waals surface area contributed by atoms with Gasteiger partial charge in [0.25, 0.3) is 9.76 Å². The largest absolute Gasteiger partial charge is 0.407 e. The van der Waals surface area contributed by atoms with Crippen molar-refractivity contribution in [2.75, 3.05) is 0 Å². The van der Waals surface area contributed by atoms with E-state index in [0.717, 1.165) is 0 Å². The Morgan fingerprint density at radius 1 is 0.615 bits per heavy atom. The first-order valence-corrected chi connectivity index (χ1v) is 9.96. The van der Waals surface area contributed by atoms with Crippen LogP contribution in [0.15, 0.2) is 66.7 Å². The predicted octanol–water partition coefficient (Wildman–Crippen LogP) is 5.80. The summed E-state index contributed by atoms with van der Waals surface area (Å²) in [6.07, 6.45) is 0. The predicted molar refractivity (Wildman–Crippen MR) is 114 cm³/mol. The number of fused-ring (bicyclic) bond motifs is 2. The Hall–Kier alpha value is -2.42. The van der Waals surface area contributed by atoms with Crippen LogP contribution in [0.4, 0.5) is 0 Å². The Labute approximate surface area is 155 Å². The number of hydrogen-bond acceptors (Lipinski definition) is 1. The Morgan fingerprint density at radius 2 is 1.19 bits per heavy atom. The van der Waals surface area contributed by atoms with E-state index in [2.05, 4.69) is 87.5 Å². The maximum atomic E-state index is 6.18. The zero-order valence-electron chi connectivity index (χ0n) is 15.3. The fraction of sp³-hybridized carbons (Fsp3) is 0.167. The van der Waals surface area contributed by atoms with Gasteiger partial charge in [0.15, 0.2) is 0 Å². The zero-order chi connectivity index (χ0) is 17.9. The molecule has 0 bridgehead atoms. The van der Waals surface area contributed by atoms with E-state index in [1.54, 1.807) is 0 Å². The normalized spacial score (nSPS) is 12.7. The monoisotopic (exact) mass is 352 g/mol. The SMILES string of the molecule is CC(C)(C)O[Si]c1ccc2cccc3c4cccc5cccc(c1c23)c54. The van der Waals surface area contributed by atoms with Crippen molar-refractivity contribution >= 4 is 58.0 Å². The van der Waals surface area contributed by atoms with Gasteiger partial charge in [-0.05, 0) is 69.0 Å². The first kappa shape index (κ1) is 15.8. The molecule has 0 atom stereocenters. The second-order valence-electron chi connectivity index (χ2n) is 7.92. The van der Waals surface area contributed by atoms with E-state index in [9.17, 15) is 0 Å². The molecule has 0 aromatic heterocycles. The molecular formula is C24H20OSi. The van der Waals surface area contributed by atoms with Crippen LogP contribution < -0.4 is 5.19 Å². The van der Waals surface area contributed by atoms with Gasteiger partial charge in [-0.15, -0.1) is 0 Å². The van der Waals surface area contributed by atoms with Gasteiger partial charge >= 0.3 is 0 Å². The molecule has 2 heteroatoms. The molecule has 26 heavy (non-hydrogen) atoms. The molecule has 1 nitrogen and oxygen atoms in total. The third-order valence-electron chi connectivity index (χ3n) is 4.98. The van der Waals surface area contributed by atoms with E-state index in [1.165, 1.54) is 48.3 Å². The smallest absolute Gasteiger partial charge is 0.270 e. The van der Waals surface area contributed by atoms with Crippen molar-refractivity contribution in [1.82, 2.24) is 0 Å². The molecule has 5 aromatic carbocycles. The van der Waals surface area contributed by atoms with Crippen molar-refractivity contribution in [1.29, 1.82) is 0 Å². The highest BCUT2D eigenvalue weighted by Gasteiger charge is 2.18. The van der Waals surface area contributed by atoms with Crippen LogP contribution in [0.3, 0.4) is 0 Å². The summed E-state index contributed by atoms with van der Waals surface area (Å²) in [6, 6.07) is 24.4. The molecule has 126 valence electrons. The summed E-state index contributed by atoms with van der Waals surface area (Å²) >= 11 is 0. The molecule has 0 N–H and O–H groups in total. The fourth-order valence-corrected chi connectivity index (χ4v) is 4.88. The van der Waals surface area contributed by atoms with Crippen molar-refractivity contribution in [3.05, 3.63) is 66.7 Å². The van der Waals surface area contributed by atoms with Crippen LogP contribution in [0.25, 0.3) is 43.1 Å². The molecule has 0 saturated heterocycles. The number of rotatable bonds is 2. The molecule has 0 saturated carbocycles. The van der Waals surface area contributed by atoms with Crippen LogP contribution in [0.1, 0.15) is 20.8 Å². The van der Waals surface area contributed by atoms with E-state index < -0.39 is 0 Å². The molecule has 0 unspecified atom stereocenters. The van der Waals surface area contributed by atoms with Crippen molar-refractivity contribution in [3.63, 3.8) is 0 Å². The third-order valence-corrected chi connectivity index (χ3v) is 6.33. The second-order valence-corrected chi connectivity index (χ2v) is 8.86. The van der Waals surface area contributed by atoms with Crippen LogP contribution in [0.5, 0.6) is 0 Å². The van der Waals surface area contributed by atoms with Crippen LogP contribution in [-0.2, 0) is 4.43 Å². The molecule has 0 aliphatic heterocycles. The first-order valence-electron chi connectivity index (χ1n) is 9.05. The summed E-state index contributed by atoms with van der Waals surface area (Å²) in [5, 5.41) is 12.0. The Kier molecular flexibility index (Phi) is 3.36. The lowest BCUT2D eigenvalue weighted by Crippen LogP contribution is -2.29. The molecule has 0 aliphatic carbocycles. The fourth-order valence-electron chi connectivity index (χ4n) is 3.95.